The van der Waals surface area contributed by atoms with E-state index in [-0.39, 0.29) is 72.2 Å². The monoisotopic (exact) mass is 2030 g/mol. The molecule has 0 bridgehead atoms. The van der Waals surface area contributed by atoms with Gasteiger partial charge in [0, 0.05) is 52.9 Å². The molecular formula is C116H190LiN11O18. The smallest absolute Gasteiger partial charge is 0.870 e. The molecule has 0 aromatic heterocycles. The molecule has 10 rings (SSSR count). The number of ether oxygens (including phenoxy) is 5. The summed E-state index contributed by atoms with van der Waals surface area (Å²) in [5, 5.41) is 43.8. The zero-order valence-electron chi connectivity index (χ0n) is 95.0. The average molecular weight is 2030 g/mol. The van der Waals surface area contributed by atoms with Crippen molar-refractivity contribution in [2.75, 3.05) is 39.3 Å². The molecule has 29 nitrogen and oxygen atoms in total. The first-order chi connectivity index (χ1) is 66.7. The van der Waals surface area contributed by atoms with Crippen LogP contribution in [0.5, 0.6) is 0 Å². The number of alkyl carbamates (subject to hydrolysis) is 5. The molecule has 10 N–H and O–H groups in total. The predicted octanol–water partition coefficient (Wildman–Crippen LogP) is 21.4. The third-order valence-corrected chi connectivity index (χ3v) is 28.0. The predicted molar refractivity (Wildman–Crippen MR) is 574 cm³/mol. The number of allylic oxidation sites excluding steroid dienone is 7. The fraction of sp³-hybridized carbons (Fsp3) is 0.716. The van der Waals surface area contributed by atoms with E-state index < -0.39 is 82.4 Å². The molecule has 0 spiro atoms. The van der Waals surface area contributed by atoms with E-state index in [4.69, 9.17) is 34.7 Å². The second-order valence-electron chi connectivity index (χ2n) is 49.0. The molecule has 0 radical (unpaired) electrons. The SMILES string of the molecule is C=C(NC(=O)OCc1ccccc1)C(C)=O.CC(=O)C(=CC1=CCC(C)(C)CC1)NC(=O)OCc1ccccc1.CC(=O)C(CC1CCC(C)(C)CC1)NC(=O)OC(C)(C)C.CC1(C)CCC(=O)CC1.CC1(C)CCC(CC(NC(=O)OC(C)(C)C)C(=O)O)CC1.CC1=CCC(C)(C)CC1.CCCN1CCC(C#N)(NC(=O)C(CC2CCC(C)(C)CC2)NC(=O)OC(C)(C)C)CC1.CCCN1CCC(N)(C#N)CC1.[Li+].[OH-]. The molecule has 6 aliphatic carbocycles. The van der Waals surface area contributed by atoms with Gasteiger partial charge in [-0.25, -0.2) is 28.8 Å². The van der Waals surface area contributed by atoms with Crippen LogP contribution in [0.4, 0.5) is 24.0 Å². The minimum atomic E-state index is -0.995. The first-order valence-electron chi connectivity index (χ1n) is 53.0. The fourth-order valence-corrected chi connectivity index (χ4v) is 17.8. The molecule has 818 valence electrons. The molecule has 2 heterocycles. The number of nitrogens with two attached hydrogens (primary N) is 1. The number of hydrogen-bond donors (Lipinski definition) is 8. The van der Waals surface area contributed by atoms with Gasteiger partial charge in [0.1, 0.15) is 59.0 Å². The van der Waals surface area contributed by atoms with Crippen LogP contribution in [0.25, 0.3) is 0 Å². The van der Waals surface area contributed by atoms with Crippen molar-refractivity contribution < 1.29 is 106 Å². The van der Waals surface area contributed by atoms with Gasteiger partial charge >= 0.3 is 55.3 Å². The van der Waals surface area contributed by atoms with Crippen LogP contribution < -0.4 is 56.5 Å². The van der Waals surface area contributed by atoms with Gasteiger partial charge in [-0.1, -0.05) is 182 Å². The third kappa shape index (κ3) is 59.8. The van der Waals surface area contributed by atoms with Crippen LogP contribution in [0.2, 0.25) is 0 Å². The molecule has 2 saturated heterocycles. The van der Waals surface area contributed by atoms with Crippen molar-refractivity contribution in [2.45, 2.75) is 445 Å². The van der Waals surface area contributed by atoms with Crippen LogP contribution >= 0.6 is 0 Å². The summed E-state index contributed by atoms with van der Waals surface area (Å²) in [6.07, 6.45) is 34.1. The van der Waals surface area contributed by atoms with Gasteiger partial charge < -0.3 is 71.1 Å². The van der Waals surface area contributed by atoms with Crippen molar-refractivity contribution in [3.05, 3.63) is 119 Å². The van der Waals surface area contributed by atoms with Gasteiger partial charge in [0.25, 0.3) is 0 Å². The molecular weight excluding hydrogens is 1840 g/mol. The Labute approximate surface area is 890 Å². The van der Waals surface area contributed by atoms with Gasteiger partial charge in [-0.2, -0.15) is 10.5 Å². The molecule has 2 aromatic carbocycles. The molecule has 6 fully saturated rings. The van der Waals surface area contributed by atoms with Gasteiger partial charge in [-0.15, -0.1) is 0 Å². The Morgan fingerprint density at radius 3 is 1.15 bits per heavy atom. The zero-order chi connectivity index (χ0) is 109. The summed E-state index contributed by atoms with van der Waals surface area (Å²) >= 11 is 0. The maximum Gasteiger partial charge on any atom is 1.00 e. The third-order valence-electron chi connectivity index (χ3n) is 28.0. The molecule has 8 aliphatic rings. The van der Waals surface area contributed by atoms with E-state index in [1.165, 1.54) is 59.3 Å². The number of nitriles is 2. The number of rotatable bonds is 26. The summed E-state index contributed by atoms with van der Waals surface area (Å²) in [4.78, 5) is 134. The minimum absolute atomic E-state index is 0. The Bertz CT molecular complexity index is 4470. The summed E-state index contributed by atoms with van der Waals surface area (Å²) < 4.78 is 25.8. The van der Waals surface area contributed by atoms with Gasteiger partial charge in [0.15, 0.2) is 17.3 Å². The number of carbonyl (C=O) groups is 11. The molecule has 4 saturated carbocycles. The molecule has 3 unspecified atom stereocenters. The average Bonchev–Trinajstić information content (AvgIpc) is 1.14. The zero-order valence-corrected chi connectivity index (χ0v) is 95.0. The quantitative estimate of drug-likeness (QED) is 0.0188. The fourth-order valence-electron chi connectivity index (χ4n) is 17.8. The van der Waals surface area contributed by atoms with Gasteiger partial charge in [0.2, 0.25) is 5.91 Å². The first-order valence-corrected chi connectivity index (χ1v) is 53.0. The number of amides is 6. The second kappa shape index (κ2) is 63.7. The molecule has 146 heavy (non-hydrogen) atoms. The van der Waals surface area contributed by atoms with Crippen molar-refractivity contribution >= 4 is 65.5 Å². The van der Waals surface area contributed by atoms with Crippen LogP contribution in [-0.4, -0.2) is 171 Å². The van der Waals surface area contributed by atoms with Crippen molar-refractivity contribution in [1.82, 2.24) is 41.7 Å². The number of nitrogens with one attached hydrogen (secondary N) is 6. The van der Waals surface area contributed by atoms with Gasteiger partial charge in [-0.3, -0.25) is 34.6 Å². The van der Waals surface area contributed by atoms with E-state index in [1.807, 2.05) is 81.4 Å². The number of aliphatic carboxylic acids is 1. The van der Waals surface area contributed by atoms with Crippen LogP contribution in [0.15, 0.2) is 108 Å². The summed E-state index contributed by atoms with van der Waals surface area (Å²) in [7, 11) is 0. The largest absolute Gasteiger partial charge is 1.00 e. The van der Waals surface area contributed by atoms with Crippen LogP contribution in [0.3, 0.4) is 0 Å². The molecule has 2 aromatic rings. The molecule has 3 atom stereocenters. The molecule has 6 amide bonds. The number of hydrogen-bond acceptors (Lipinski definition) is 22. The van der Waals surface area contributed by atoms with Crippen molar-refractivity contribution in [3.63, 3.8) is 0 Å². The first kappa shape index (κ1) is 135. The van der Waals surface area contributed by atoms with E-state index in [9.17, 15) is 63.1 Å². The molecule has 2 aliphatic heterocycles. The van der Waals surface area contributed by atoms with E-state index in [1.54, 1.807) is 53.2 Å². The number of carboxylic acids is 1. The number of Topliss-reactive ketones (excluding diaryl/α,β-unsaturated/α-hetero) is 4. The van der Waals surface area contributed by atoms with E-state index in [2.05, 4.69) is 176 Å². The number of nitrogens with zero attached hydrogens (tertiary/aromatic N) is 4. The van der Waals surface area contributed by atoms with Crippen molar-refractivity contribution in [2.24, 2.45) is 56.0 Å². The van der Waals surface area contributed by atoms with E-state index >= 15 is 0 Å². The Hall–Kier alpha value is -9.21. The Morgan fingerprint density at radius 1 is 0.479 bits per heavy atom. The summed E-state index contributed by atoms with van der Waals surface area (Å²) in [5.41, 5.74) is 9.80. The number of carboxylic acid groups (broad SMARTS) is 1. The van der Waals surface area contributed by atoms with Gasteiger partial charge in [0.05, 0.1) is 29.6 Å². The number of likely N-dealkylation sites (tertiary alicyclic amines) is 2. The van der Waals surface area contributed by atoms with Crippen molar-refractivity contribution in [3.8, 4) is 12.1 Å². The Balaban J connectivity index is 0.000000857. The summed E-state index contributed by atoms with van der Waals surface area (Å²) in [5.74, 6) is -0.0416. The van der Waals surface area contributed by atoms with Crippen LogP contribution in [0.1, 0.15) is 397 Å². The van der Waals surface area contributed by atoms with Crippen LogP contribution in [-0.2, 0) is 65.7 Å². The minimum Gasteiger partial charge on any atom is -0.870 e. The van der Waals surface area contributed by atoms with E-state index in [0.29, 0.717) is 81.7 Å². The maximum atomic E-state index is 13.3. The van der Waals surface area contributed by atoms with Crippen molar-refractivity contribution in [1.29, 1.82) is 10.5 Å². The Morgan fingerprint density at radius 2 is 0.829 bits per heavy atom. The standard InChI is InChI=1S/C25H44N4O3.C20H25NO3.C17H31NO3.C16H29NO4.C12H13NO3.C9H17N3.C9H16.C8H14O.Li.H2O/c1-7-14-29-15-12-25(18-26,13-16-29)28-21(30)20(27-22(31)32-23(2,3)4)17-19-8-10-24(5,6)11-9-19;1-15(22)18(13-16-9-11-20(2,3)12-10-16)21-19(23)24-14-17-7-5-4-6-8-17;1-12(19)14(18-15(20)21-16(2,3)4)11-13-7-9-17(5,6)10-8-13;1-15(2,3)21-14(20)17-12(13(18)19)10-11-6-8-16(4,5)9-7-11;1-9(10(2)14)13-12(15)16-8-11-6-4-3-5-7-11;1-2-5-12-6-3-9(11,8-10)4-7-12;1-8-4-6-9(2,3)7-5-8;1-8(2)5-3-7(9)4-6-8;;/h19-20H,7-17H2,1-6H3,(H,27,31)(H,28,30);4-9,13H,10-12,14H2,1-3H3,(H,21,23);13-14H,7-11H2,1-6H3,(H,18,20);11-12H,6-10H2,1-5H3,(H,17,20)(H,18,19);3-7H,1,8H2,2H3,(H,13,15);2-7,11H2,1H3;4H,5-7H2,1-3H3;3-6H2,1-2H3;;1H2/q;;;;;;;;+1;/p-1. The Kier molecular flexibility index (Phi) is 58.8. The number of piperidine rings is 2. The topological polar surface area (TPSA) is 436 Å². The number of ketones is 4. The summed E-state index contributed by atoms with van der Waals surface area (Å²) in [6.45, 7) is 63.7. The summed E-state index contributed by atoms with van der Waals surface area (Å²) in [6, 6.07) is 21.3. The van der Waals surface area contributed by atoms with E-state index in [0.717, 1.165) is 191 Å². The normalized spacial score (nSPS) is 19.8. The molecule has 30 heteroatoms. The second-order valence-corrected chi connectivity index (χ2v) is 49.0. The number of benzene rings is 2. The maximum absolute atomic E-state index is 13.3. The van der Waals surface area contributed by atoms with Gasteiger partial charge in [-0.05, 0) is 348 Å². The van der Waals surface area contributed by atoms with Crippen LogP contribution in [0, 0.1) is 72.9 Å². The number of carbonyl (C=O) groups excluding carboxylic acids is 10.